The number of carbonyl (C=O) groups excluding carboxylic acids is 1. The Morgan fingerprint density at radius 3 is 2.64 bits per heavy atom. The summed E-state index contributed by atoms with van der Waals surface area (Å²) in [6, 6.07) is 16.2. The second-order valence-corrected chi connectivity index (χ2v) is 6.30. The molecule has 1 N–H and O–H groups in total. The molecule has 1 heterocycles. The molecular formula is C22H23NO5. The average molecular weight is 381 g/mol. The fourth-order valence-corrected chi connectivity index (χ4v) is 2.85. The molecule has 0 bridgehead atoms. The monoisotopic (exact) mass is 381 g/mol. The lowest BCUT2D eigenvalue weighted by Crippen LogP contribution is -2.32. The normalized spacial score (nSPS) is 10.6. The van der Waals surface area contributed by atoms with E-state index in [0.29, 0.717) is 24.5 Å². The van der Waals surface area contributed by atoms with Crippen LogP contribution in [0.15, 0.2) is 63.8 Å². The van der Waals surface area contributed by atoms with Gasteiger partial charge in [0.25, 0.3) is 5.91 Å². The number of hydrogen-bond donors (Lipinski definition) is 1. The first kappa shape index (κ1) is 19.5. The summed E-state index contributed by atoms with van der Waals surface area (Å²) in [6.45, 7) is 2.68. The first-order valence-corrected chi connectivity index (χ1v) is 9.30. The van der Waals surface area contributed by atoms with E-state index in [2.05, 4.69) is 12.2 Å². The van der Waals surface area contributed by atoms with Crippen LogP contribution >= 0.6 is 0 Å². The summed E-state index contributed by atoms with van der Waals surface area (Å²) in [6.07, 6.45) is 1.74. The van der Waals surface area contributed by atoms with Gasteiger partial charge in [0, 0.05) is 17.5 Å². The molecule has 0 unspecified atom stereocenters. The maximum atomic E-state index is 11.9. The third-order valence-electron chi connectivity index (χ3n) is 4.13. The van der Waals surface area contributed by atoms with E-state index in [-0.39, 0.29) is 18.1 Å². The van der Waals surface area contributed by atoms with Crippen molar-refractivity contribution in [2.45, 2.75) is 19.8 Å². The van der Waals surface area contributed by atoms with E-state index in [0.717, 1.165) is 29.5 Å². The van der Waals surface area contributed by atoms with E-state index in [9.17, 15) is 9.59 Å². The molecule has 1 aromatic heterocycles. The van der Waals surface area contributed by atoms with Crippen molar-refractivity contribution >= 4 is 16.9 Å². The van der Waals surface area contributed by atoms with Gasteiger partial charge in [0.05, 0.1) is 6.54 Å². The number of carbonyl (C=O) groups is 1. The quantitative estimate of drug-likeness (QED) is 0.454. The Balaban J connectivity index is 1.50. The molecule has 2 aromatic carbocycles. The zero-order chi connectivity index (χ0) is 19.8. The van der Waals surface area contributed by atoms with Crippen molar-refractivity contribution in [3.63, 3.8) is 0 Å². The smallest absolute Gasteiger partial charge is 0.336 e. The highest BCUT2D eigenvalue weighted by Crippen LogP contribution is 2.23. The molecule has 0 saturated carbocycles. The molecule has 0 spiro atoms. The lowest BCUT2D eigenvalue weighted by Gasteiger charge is -2.10. The van der Waals surface area contributed by atoms with Crippen LogP contribution in [0.4, 0.5) is 0 Å². The van der Waals surface area contributed by atoms with E-state index >= 15 is 0 Å². The van der Waals surface area contributed by atoms with Crippen LogP contribution in [0.3, 0.4) is 0 Å². The van der Waals surface area contributed by atoms with Crippen LogP contribution in [-0.2, 0) is 11.2 Å². The molecule has 0 aliphatic carbocycles. The van der Waals surface area contributed by atoms with Gasteiger partial charge in [-0.1, -0.05) is 31.5 Å². The molecular weight excluding hydrogens is 358 g/mol. The third kappa shape index (κ3) is 5.36. The zero-order valence-corrected chi connectivity index (χ0v) is 15.8. The van der Waals surface area contributed by atoms with Crippen LogP contribution < -0.4 is 20.4 Å². The van der Waals surface area contributed by atoms with Gasteiger partial charge < -0.3 is 19.2 Å². The van der Waals surface area contributed by atoms with Gasteiger partial charge in [-0.2, -0.15) is 0 Å². The Morgan fingerprint density at radius 2 is 1.86 bits per heavy atom. The molecule has 28 heavy (non-hydrogen) atoms. The molecule has 0 saturated heterocycles. The third-order valence-corrected chi connectivity index (χ3v) is 4.13. The van der Waals surface area contributed by atoms with E-state index in [4.69, 9.17) is 13.9 Å². The Labute approximate surface area is 163 Å². The number of rotatable bonds is 9. The topological polar surface area (TPSA) is 77.8 Å². The minimum absolute atomic E-state index is 0.129. The van der Waals surface area contributed by atoms with Crippen molar-refractivity contribution in [2.75, 3.05) is 19.8 Å². The van der Waals surface area contributed by atoms with Gasteiger partial charge >= 0.3 is 5.63 Å². The fourth-order valence-electron chi connectivity index (χ4n) is 2.85. The van der Waals surface area contributed by atoms with Gasteiger partial charge in [-0.05, 0) is 36.2 Å². The summed E-state index contributed by atoms with van der Waals surface area (Å²) in [5.74, 6) is 0.978. The van der Waals surface area contributed by atoms with Crippen LogP contribution in [-0.4, -0.2) is 25.7 Å². The van der Waals surface area contributed by atoms with E-state index in [1.165, 1.54) is 6.07 Å². The minimum Gasteiger partial charge on any atom is -0.492 e. The van der Waals surface area contributed by atoms with Crippen LogP contribution in [0.5, 0.6) is 11.5 Å². The first-order chi connectivity index (χ1) is 13.7. The van der Waals surface area contributed by atoms with Crippen molar-refractivity contribution < 1.29 is 18.7 Å². The summed E-state index contributed by atoms with van der Waals surface area (Å²) >= 11 is 0. The number of fused-ring (bicyclic) bond motifs is 1. The number of para-hydroxylation sites is 1. The molecule has 0 radical (unpaired) electrons. The van der Waals surface area contributed by atoms with Gasteiger partial charge in [-0.15, -0.1) is 0 Å². The Morgan fingerprint density at radius 1 is 1.04 bits per heavy atom. The predicted molar refractivity (Wildman–Crippen MR) is 107 cm³/mol. The molecule has 0 aliphatic rings. The zero-order valence-electron chi connectivity index (χ0n) is 15.8. The number of amides is 1. The Kier molecular flexibility index (Phi) is 6.68. The van der Waals surface area contributed by atoms with Crippen LogP contribution in [0, 0.1) is 0 Å². The molecule has 3 aromatic rings. The van der Waals surface area contributed by atoms with Crippen molar-refractivity contribution in [3.05, 3.63) is 70.6 Å². The number of benzene rings is 2. The van der Waals surface area contributed by atoms with Gasteiger partial charge in [0.1, 0.15) is 23.7 Å². The van der Waals surface area contributed by atoms with Crippen molar-refractivity contribution in [3.8, 4) is 11.5 Å². The van der Waals surface area contributed by atoms with Crippen LogP contribution in [0.25, 0.3) is 11.0 Å². The predicted octanol–water partition coefficient (Wildman–Crippen LogP) is 3.32. The van der Waals surface area contributed by atoms with Gasteiger partial charge in [-0.3, -0.25) is 4.79 Å². The van der Waals surface area contributed by atoms with Crippen molar-refractivity contribution in [1.29, 1.82) is 0 Å². The van der Waals surface area contributed by atoms with Crippen LogP contribution in [0.2, 0.25) is 0 Å². The van der Waals surface area contributed by atoms with Gasteiger partial charge in [0.2, 0.25) is 0 Å². The number of hydrogen-bond acceptors (Lipinski definition) is 5. The lowest BCUT2D eigenvalue weighted by molar-refractivity contribution is -0.123. The highest BCUT2D eigenvalue weighted by molar-refractivity contribution is 5.82. The Bertz CT molecular complexity index is 981. The molecule has 0 atom stereocenters. The Hall–Kier alpha value is -3.28. The van der Waals surface area contributed by atoms with Gasteiger partial charge in [0.15, 0.2) is 6.61 Å². The maximum absolute atomic E-state index is 11.9. The molecule has 1 amide bonds. The number of ether oxygens (including phenoxy) is 2. The number of aryl methyl sites for hydroxylation is 1. The minimum atomic E-state index is -0.385. The molecule has 0 aliphatic heterocycles. The van der Waals surface area contributed by atoms with Crippen LogP contribution in [0.1, 0.15) is 18.9 Å². The molecule has 0 fully saturated rings. The molecule has 3 rings (SSSR count). The molecule has 146 valence electrons. The summed E-state index contributed by atoms with van der Waals surface area (Å²) in [5.41, 5.74) is 1.03. The standard InChI is InChI=1S/C22H23NO5/c1-2-6-16-13-22(25)28-20-14-18(9-10-19(16)20)27-15-21(24)23-11-12-26-17-7-4-3-5-8-17/h3-5,7-10,13-14H,2,6,11-12,15H2,1H3,(H,23,24). The molecule has 6 heteroatoms. The van der Waals surface area contributed by atoms with Crippen molar-refractivity contribution in [1.82, 2.24) is 5.32 Å². The second-order valence-electron chi connectivity index (χ2n) is 6.30. The molecule has 6 nitrogen and oxygen atoms in total. The van der Waals surface area contributed by atoms with E-state index < -0.39 is 0 Å². The first-order valence-electron chi connectivity index (χ1n) is 9.30. The number of nitrogens with one attached hydrogen (secondary N) is 1. The van der Waals surface area contributed by atoms with E-state index in [1.54, 1.807) is 12.1 Å². The maximum Gasteiger partial charge on any atom is 0.336 e. The highest BCUT2D eigenvalue weighted by Gasteiger charge is 2.08. The summed E-state index contributed by atoms with van der Waals surface area (Å²) in [7, 11) is 0. The van der Waals surface area contributed by atoms with Gasteiger partial charge in [-0.25, -0.2) is 4.79 Å². The van der Waals surface area contributed by atoms with E-state index in [1.807, 2.05) is 36.4 Å². The van der Waals surface area contributed by atoms with Crippen molar-refractivity contribution in [2.24, 2.45) is 0 Å². The fraction of sp³-hybridized carbons (Fsp3) is 0.273. The SMILES string of the molecule is CCCc1cc(=O)oc2cc(OCC(=O)NCCOc3ccccc3)ccc12. The average Bonchev–Trinajstić information content (AvgIpc) is 2.70. The highest BCUT2D eigenvalue weighted by atomic mass is 16.5. The lowest BCUT2D eigenvalue weighted by atomic mass is 10.1. The summed E-state index contributed by atoms with van der Waals surface area (Å²) in [4.78, 5) is 23.6. The second kappa shape index (κ2) is 9.60. The summed E-state index contributed by atoms with van der Waals surface area (Å²) in [5, 5.41) is 3.62. The largest absolute Gasteiger partial charge is 0.492 e. The summed E-state index contributed by atoms with van der Waals surface area (Å²) < 4.78 is 16.3.